The lowest BCUT2D eigenvalue weighted by Crippen LogP contribution is -2.51. The lowest BCUT2D eigenvalue weighted by molar-refractivity contribution is 0.0277. The van der Waals surface area contributed by atoms with Crippen LogP contribution in [0.3, 0.4) is 0 Å². The summed E-state index contributed by atoms with van der Waals surface area (Å²) in [6.45, 7) is 4.81. The highest BCUT2D eigenvalue weighted by atomic mass is 32.2. The molecule has 2 aliphatic heterocycles. The van der Waals surface area contributed by atoms with Crippen LogP contribution in [0.25, 0.3) is 0 Å². The fraction of sp³-hybridized carbons (Fsp3) is 1.00. The van der Waals surface area contributed by atoms with Crippen LogP contribution in [0.2, 0.25) is 0 Å². The smallest absolute Gasteiger partial charge is 0.281 e. The zero-order valence-corrected chi connectivity index (χ0v) is 13.0. The number of hydrogen-bond donors (Lipinski definition) is 1. The molecule has 20 heavy (non-hydrogen) atoms. The predicted octanol–water partition coefficient (Wildman–Crippen LogP) is 0.436. The summed E-state index contributed by atoms with van der Waals surface area (Å²) in [5.74, 6) is 0.0829. The van der Waals surface area contributed by atoms with Crippen LogP contribution >= 0.6 is 0 Å². The number of aliphatic hydroxyl groups is 1. The van der Waals surface area contributed by atoms with Gasteiger partial charge in [0.2, 0.25) is 0 Å². The molecule has 2 saturated heterocycles. The number of ether oxygens (including phenoxy) is 1. The Bertz CT molecular complexity index is 393. The average Bonchev–Trinajstić information content (AvgIpc) is 2.48. The molecule has 1 unspecified atom stereocenters. The molecule has 1 N–H and O–H groups in total. The molecule has 0 bridgehead atoms. The van der Waals surface area contributed by atoms with Crippen molar-refractivity contribution in [2.24, 2.45) is 5.92 Å². The minimum atomic E-state index is -3.37. The molecule has 0 aliphatic carbocycles. The average molecular weight is 306 g/mol. The summed E-state index contributed by atoms with van der Waals surface area (Å²) in [4.78, 5) is 0. The number of nitrogens with zero attached hydrogens (tertiary/aromatic N) is 2. The minimum absolute atomic E-state index is 0.0679. The van der Waals surface area contributed by atoms with E-state index in [4.69, 9.17) is 4.74 Å². The van der Waals surface area contributed by atoms with Gasteiger partial charge in [-0.05, 0) is 38.5 Å². The second kappa shape index (κ2) is 7.17. The Morgan fingerprint density at radius 2 is 1.85 bits per heavy atom. The first kappa shape index (κ1) is 16.2. The van der Waals surface area contributed by atoms with Crippen LogP contribution in [0.15, 0.2) is 0 Å². The number of aliphatic hydroxyl groups excluding tert-OH is 1. The molecule has 2 rings (SSSR count). The third kappa shape index (κ3) is 3.71. The van der Waals surface area contributed by atoms with E-state index >= 15 is 0 Å². The summed E-state index contributed by atoms with van der Waals surface area (Å²) < 4.78 is 33.9. The summed E-state index contributed by atoms with van der Waals surface area (Å²) in [5.41, 5.74) is 0. The molecule has 2 aliphatic rings. The van der Waals surface area contributed by atoms with E-state index < -0.39 is 10.2 Å². The van der Waals surface area contributed by atoms with Crippen molar-refractivity contribution in [1.29, 1.82) is 0 Å². The van der Waals surface area contributed by atoms with Crippen molar-refractivity contribution in [1.82, 2.24) is 8.61 Å². The molecule has 0 radical (unpaired) electrons. The zero-order valence-electron chi connectivity index (χ0n) is 12.2. The minimum Gasteiger partial charge on any atom is -0.396 e. The summed E-state index contributed by atoms with van der Waals surface area (Å²) in [5, 5.41) is 9.23. The van der Waals surface area contributed by atoms with Gasteiger partial charge in [0.05, 0.1) is 6.10 Å². The lowest BCUT2D eigenvalue weighted by Gasteiger charge is -2.37. The number of rotatable bonds is 5. The lowest BCUT2D eigenvalue weighted by atomic mass is 10.0. The highest BCUT2D eigenvalue weighted by molar-refractivity contribution is 7.86. The first-order chi connectivity index (χ1) is 9.57. The molecular formula is C13H26N2O4S. The largest absolute Gasteiger partial charge is 0.396 e. The third-order valence-corrected chi connectivity index (χ3v) is 6.20. The Morgan fingerprint density at radius 3 is 2.45 bits per heavy atom. The molecule has 6 nitrogen and oxygen atoms in total. The quantitative estimate of drug-likeness (QED) is 0.800. The van der Waals surface area contributed by atoms with Crippen LogP contribution in [-0.4, -0.2) is 67.6 Å². The van der Waals surface area contributed by atoms with Gasteiger partial charge in [0.25, 0.3) is 10.2 Å². The van der Waals surface area contributed by atoms with E-state index in [9.17, 15) is 13.5 Å². The molecule has 118 valence electrons. The van der Waals surface area contributed by atoms with Crippen LogP contribution < -0.4 is 0 Å². The van der Waals surface area contributed by atoms with Crippen molar-refractivity contribution in [3.05, 3.63) is 0 Å². The second-order valence-electron chi connectivity index (χ2n) is 5.61. The van der Waals surface area contributed by atoms with Crippen LogP contribution in [-0.2, 0) is 14.9 Å². The van der Waals surface area contributed by atoms with E-state index in [1.165, 1.54) is 0 Å². The monoisotopic (exact) mass is 306 g/mol. The molecule has 0 amide bonds. The standard InChI is InChI=1S/C13H26N2O4S/c1-2-19-13-5-8-14(9-6-13)20(17,18)15-7-3-4-12(10-15)11-16/h12-13,16H,2-11H2,1H3. The van der Waals surface area contributed by atoms with Crippen molar-refractivity contribution >= 4 is 10.2 Å². The van der Waals surface area contributed by atoms with Crippen molar-refractivity contribution < 1.29 is 18.3 Å². The fourth-order valence-corrected chi connectivity index (χ4v) is 4.77. The Balaban J connectivity index is 1.93. The van der Waals surface area contributed by atoms with Gasteiger partial charge in [-0.2, -0.15) is 17.0 Å². The third-order valence-electron chi connectivity index (χ3n) is 4.20. The van der Waals surface area contributed by atoms with E-state index in [2.05, 4.69) is 0 Å². The summed E-state index contributed by atoms with van der Waals surface area (Å²) in [6, 6.07) is 0. The molecule has 2 fully saturated rings. The van der Waals surface area contributed by atoms with Gasteiger partial charge in [0.15, 0.2) is 0 Å². The molecule has 0 aromatic heterocycles. The van der Waals surface area contributed by atoms with Gasteiger partial charge in [-0.3, -0.25) is 0 Å². The van der Waals surface area contributed by atoms with Crippen LogP contribution in [0.1, 0.15) is 32.6 Å². The van der Waals surface area contributed by atoms with E-state index in [-0.39, 0.29) is 18.6 Å². The van der Waals surface area contributed by atoms with Gasteiger partial charge in [0.1, 0.15) is 0 Å². The van der Waals surface area contributed by atoms with Crippen LogP contribution in [0.4, 0.5) is 0 Å². The van der Waals surface area contributed by atoms with E-state index in [0.29, 0.717) is 32.8 Å². The first-order valence-corrected chi connectivity index (χ1v) is 8.95. The maximum Gasteiger partial charge on any atom is 0.281 e. The zero-order chi connectivity index (χ0) is 14.6. The Labute approximate surface area is 121 Å². The van der Waals surface area contributed by atoms with Crippen molar-refractivity contribution in [3.8, 4) is 0 Å². The number of piperidine rings is 2. The van der Waals surface area contributed by atoms with Crippen molar-refractivity contribution in [2.45, 2.75) is 38.7 Å². The highest BCUT2D eigenvalue weighted by Gasteiger charge is 2.35. The predicted molar refractivity (Wildman–Crippen MR) is 76.5 cm³/mol. The number of hydrogen-bond acceptors (Lipinski definition) is 4. The summed E-state index contributed by atoms with van der Waals surface area (Å²) in [7, 11) is -3.37. The van der Waals surface area contributed by atoms with Gasteiger partial charge in [-0.15, -0.1) is 0 Å². The van der Waals surface area contributed by atoms with Crippen molar-refractivity contribution in [3.63, 3.8) is 0 Å². The maximum absolute atomic E-state index is 12.6. The molecular weight excluding hydrogens is 280 g/mol. The highest BCUT2D eigenvalue weighted by Crippen LogP contribution is 2.23. The summed E-state index contributed by atoms with van der Waals surface area (Å²) in [6.07, 6.45) is 3.47. The van der Waals surface area contributed by atoms with E-state index in [1.807, 2.05) is 6.92 Å². The van der Waals surface area contributed by atoms with Gasteiger partial charge < -0.3 is 9.84 Å². The van der Waals surface area contributed by atoms with Gasteiger partial charge in [0, 0.05) is 39.4 Å². The maximum atomic E-state index is 12.6. The van der Waals surface area contributed by atoms with Crippen LogP contribution in [0, 0.1) is 5.92 Å². The van der Waals surface area contributed by atoms with E-state index in [0.717, 1.165) is 25.7 Å². The molecule has 0 aromatic rings. The molecule has 0 spiro atoms. The Hall–Kier alpha value is -0.210. The molecule has 7 heteroatoms. The van der Waals surface area contributed by atoms with Gasteiger partial charge >= 0.3 is 0 Å². The molecule has 0 aromatic carbocycles. The molecule has 1 atom stereocenters. The first-order valence-electron chi connectivity index (χ1n) is 7.55. The normalized spacial score (nSPS) is 27.8. The van der Waals surface area contributed by atoms with Crippen LogP contribution in [0.5, 0.6) is 0 Å². The topological polar surface area (TPSA) is 70.1 Å². The fourth-order valence-electron chi connectivity index (χ4n) is 3.01. The van der Waals surface area contributed by atoms with Crippen molar-refractivity contribution in [2.75, 3.05) is 39.4 Å². The molecule has 0 saturated carbocycles. The summed E-state index contributed by atoms with van der Waals surface area (Å²) >= 11 is 0. The molecule has 2 heterocycles. The van der Waals surface area contributed by atoms with Gasteiger partial charge in [-0.1, -0.05) is 0 Å². The van der Waals surface area contributed by atoms with E-state index in [1.54, 1.807) is 8.61 Å². The Morgan fingerprint density at radius 1 is 1.15 bits per heavy atom. The SMILES string of the molecule is CCOC1CCN(S(=O)(=O)N2CCCC(CO)C2)CC1. The van der Waals surface area contributed by atoms with Gasteiger partial charge in [-0.25, -0.2) is 0 Å². The Kier molecular flexibility index (Phi) is 5.80. The second-order valence-corrected chi connectivity index (χ2v) is 7.54.